The third-order valence-corrected chi connectivity index (χ3v) is 3.42. The van der Waals surface area contributed by atoms with E-state index in [-0.39, 0.29) is 17.4 Å². The molecule has 0 radical (unpaired) electrons. The van der Waals surface area contributed by atoms with Gasteiger partial charge in [-0.3, -0.25) is 4.98 Å². The fraction of sp³-hybridized carbons (Fsp3) is 0.286. The van der Waals surface area contributed by atoms with Gasteiger partial charge in [-0.15, -0.1) is 0 Å². The number of pyridine rings is 1. The van der Waals surface area contributed by atoms with Crippen LogP contribution in [0.15, 0.2) is 33.4 Å². The predicted molar refractivity (Wildman–Crippen MR) is 70.0 cm³/mol. The van der Waals surface area contributed by atoms with Gasteiger partial charge in [0.15, 0.2) is 5.69 Å². The van der Waals surface area contributed by atoms with E-state index in [2.05, 4.69) is 20.3 Å². The highest BCUT2D eigenvalue weighted by Crippen LogP contribution is 2.41. The highest BCUT2D eigenvalue weighted by atomic mass is 19.3. The van der Waals surface area contributed by atoms with E-state index < -0.39 is 6.43 Å². The van der Waals surface area contributed by atoms with E-state index in [1.807, 2.05) is 0 Å². The summed E-state index contributed by atoms with van der Waals surface area (Å²) in [5.41, 5.74) is 0.668. The Morgan fingerprint density at radius 3 is 2.68 bits per heavy atom. The van der Waals surface area contributed by atoms with E-state index in [0.717, 1.165) is 18.6 Å². The smallest absolute Gasteiger partial charge is 0.280 e. The highest BCUT2D eigenvalue weighted by Gasteiger charge is 2.29. The van der Waals surface area contributed by atoms with Crippen LogP contribution < -0.4 is 0 Å². The topological polar surface area (TPSA) is 77.8 Å². The molecule has 1 aliphatic rings. The first kappa shape index (κ1) is 13.1. The van der Waals surface area contributed by atoms with Crippen molar-refractivity contribution in [2.24, 2.45) is 0 Å². The van der Waals surface area contributed by atoms with Gasteiger partial charge in [-0.25, -0.2) is 8.78 Å². The van der Waals surface area contributed by atoms with Crippen molar-refractivity contribution in [3.05, 3.63) is 35.9 Å². The largest absolute Gasteiger partial charge is 0.360 e. The maximum absolute atomic E-state index is 12.5. The van der Waals surface area contributed by atoms with Crippen molar-refractivity contribution in [2.45, 2.75) is 25.2 Å². The van der Waals surface area contributed by atoms with Crippen LogP contribution in [-0.4, -0.2) is 20.3 Å². The molecule has 112 valence electrons. The minimum atomic E-state index is -2.61. The van der Waals surface area contributed by atoms with E-state index in [4.69, 9.17) is 9.05 Å². The molecule has 22 heavy (non-hydrogen) atoms. The number of alkyl halides is 2. The fourth-order valence-corrected chi connectivity index (χ4v) is 2.06. The molecule has 4 rings (SSSR count). The Labute approximate surface area is 123 Å². The molecule has 0 unspecified atom stereocenters. The van der Waals surface area contributed by atoms with Gasteiger partial charge in [0, 0.05) is 23.7 Å². The van der Waals surface area contributed by atoms with Gasteiger partial charge in [0.05, 0.1) is 0 Å². The molecule has 3 aromatic rings. The monoisotopic (exact) mass is 304 g/mol. The second kappa shape index (κ2) is 4.97. The second-order valence-corrected chi connectivity index (χ2v) is 5.08. The van der Waals surface area contributed by atoms with E-state index >= 15 is 0 Å². The van der Waals surface area contributed by atoms with Gasteiger partial charge in [0.1, 0.15) is 11.5 Å². The summed E-state index contributed by atoms with van der Waals surface area (Å²) in [4.78, 5) is 7.86. The van der Waals surface area contributed by atoms with Crippen molar-refractivity contribution in [1.82, 2.24) is 20.3 Å². The molecule has 8 heteroatoms. The van der Waals surface area contributed by atoms with Crippen LogP contribution in [0.4, 0.5) is 8.78 Å². The standard InChI is InChI=1S/C14H10F2N4O2/c15-12(16)9-4-3-8(6-17-9)13-18-14(22-20-13)10-5-11(21-19-10)7-1-2-7/h3-7,12H,1-2H2. The van der Waals surface area contributed by atoms with Crippen molar-refractivity contribution >= 4 is 0 Å². The van der Waals surface area contributed by atoms with Crippen molar-refractivity contribution < 1.29 is 17.8 Å². The third kappa shape index (κ3) is 2.36. The molecule has 0 bridgehead atoms. The van der Waals surface area contributed by atoms with Crippen molar-refractivity contribution in [3.63, 3.8) is 0 Å². The van der Waals surface area contributed by atoms with E-state index in [1.54, 1.807) is 6.07 Å². The van der Waals surface area contributed by atoms with Gasteiger partial charge >= 0.3 is 0 Å². The molecule has 1 fully saturated rings. The summed E-state index contributed by atoms with van der Waals surface area (Å²) in [6, 6.07) is 4.49. The van der Waals surface area contributed by atoms with Crippen molar-refractivity contribution in [3.8, 4) is 23.0 Å². The summed E-state index contributed by atoms with van der Waals surface area (Å²) in [5, 5.41) is 7.72. The zero-order valence-corrected chi connectivity index (χ0v) is 11.2. The Morgan fingerprint density at radius 1 is 1.14 bits per heavy atom. The number of aromatic nitrogens is 4. The molecule has 6 nitrogen and oxygen atoms in total. The molecular weight excluding hydrogens is 294 g/mol. The normalized spacial score (nSPS) is 14.7. The Hall–Kier alpha value is -2.64. The maximum Gasteiger partial charge on any atom is 0.280 e. The van der Waals surface area contributed by atoms with Gasteiger partial charge in [0.25, 0.3) is 12.3 Å². The number of nitrogens with zero attached hydrogens (tertiary/aromatic N) is 4. The minimum absolute atomic E-state index is 0.226. The number of halogens is 2. The van der Waals surface area contributed by atoms with Gasteiger partial charge in [0.2, 0.25) is 5.82 Å². The first-order valence-electron chi connectivity index (χ1n) is 6.76. The third-order valence-electron chi connectivity index (χ3n) is 3.42. The molecule has 0 saturated heterocycles. The summed E-state index contributed by atoms with van der Waals surface area (Å²) in [7, 11) is 0. The van der Waals surface area contributed by atoms with Crippen LogP contribution >= 0.6 is 0 Å². The molecular formula is C14H10F2N4O2. The van der Waals surface area contributed by atoms with Gasteiger partial charge < -0.3 is 9.05 Å². The summed E-state index contributed by atoms with van der Waals surface area (Å²) in [6.45, 7) is 0. The summed E-state index contributed by atoms with van der Waals surface area (Å²) in [6.07, 6.45) is 0.887. The van der Waals surface area contributed by atoms with E-state index in [9.17, 15) is 8.78 Å². The van der Waals surface area contributed by atoms with Crippen LogP contribution in [0.5, 0.6) is 0 Å². The average Bonchev–Trinajstić information content (AvgIpc) is 3.07. The van der Waals surface area contributed by atoms with Crippen molar-refractivity contribution in [2.75, 3.05) is 0 Å². The lowest BCUT2D eigenvalue weighted by atomic mass is 10.2. The SMILES string of the molecule is FC(F)c1ccc(-c2noc(-c3cc(C4CC4)on3)n2)cn1. The summed E-state index contributed by atoms with van der Waals surface area (Å²) in [5.74, 6) is 1.75. The van der Waals surface area contributed by atoms with Crippen LogP contribution in [0, 0.1) is 0 Å². The number of hydrogen-bond acceptors (Lipinski definition) is 6. The lowest BCUT2D eigenvalue weighted by molar-refractivity contribution is 0.146. The fourth-order valence-electron chi connectivity index (χ4n) is 2.06. The molecule has 0 spiro atoms. The summed E-state index contributed by atoms with van der Waals surface area (Å²) >= 11 is 0. The first-order valence-corrected chi connectivity index (χ1v) is 6.76. The lowest BCUT2D eigenvalue weighted by Crippen LogP contribution is -1.90. The number of hydrogen-bond donors (Lipinski definition) is 0. The zero-order chi connectivity index (χ0) is 15.1. The Balaban J connectivity index is 1.59. The van der Waals surface area contributed by atoms with Gasteiger partial charge in [-0.1, -0.05) is 10.3 Å². The van der Waals surface area contributed by atoms with Crippen LogP contribution in [0.2, 0.25) is 0 Å². The first-order chi connectivity index (χ1) is 10.7. The zero-order valence-electron chi connectivity index (χ0n) is 11.2. The van der Waals surface area contributed by atoms with Gasteiger partial charge in [-0.2, -0.15) is 4.98 Å². The quantitative estimate of drug-likeness (QED) is 0.732. The Morgan fingerprint density at radius 2 is 2.00 bits per heavy atom. The molecule has 1 saturated carbocycles. The average molecular weight is 304 g/mol. The molecule has 3 heterocycles. The minimum Gasteiger partial charge on any atom is -0.360 e. The molecule has 1 aliphatic carbocycles. The summed E-state index contributed by atoms with van der Waals surface area (Å²) < 4.78 is 35.3. The lowest BCUT2D eigenvalue weighted by Gasteiger charge is -1.98. The predicted octanol–water partition coefficient (Wildman–Crippen LogP) is 3.60. The van der Waals surface area contributed by atoms with Crippen LogP contribution in [0.3, 0.4) is 0 Å². The van der Waals surface area contributed by atoms with Gasteiger partial charge in [-0.05, 0) is 25.0 Å². The molecule has 0 aliphatic heterocycles. The molecule has 3 aromatic heterocycles. The Bertz CT molecular complexity index is 793. The van der Waals surface area contributed by atoms with Crippen LogP contribution in [0.1, 0.15) is 36.6 Å². The van der Waals surface area contributed by atoms with Crippen molar-refractivity contribution in [1.29, 1.82) is 0 Å². The van der Waals surface area contributed by atoms with Crippen LogP contribution in [0.25, 0.3) is 23.0 Å². The van der Waals surface area contributed by atoms with E-state index in [1.165, 1.54) is 18.3 Å². The highest BCUT2D eigenvalue weighted by molar-refractivity contribution is 5.56. The Kier molecular flexibility index (Phi) is 2.95. The van der Waals surface area contributed by atoms with Crippen LogP contribution in [-0.2, 0) is 0 Å². The molecule has 0 N–H and O–H groups in total. The molecule has 0 atom stereocenters. The van der Waals surface area contributed by atoms with E-state index in [0.29, 0.717) is 17.2 Å². The molecule has 0 amide bonds. The second-order valence-electron chi connectivity index (χ2n) is 5.08. The maximum atomic E-state index is 12.5. The molecule has 0 aromatic carbocycles. The number of rotatable bonds is 4.